The molecule has 3 aromatic rings. The molecule has 0 heterocycles. The van der Waals surface area contributed by atoms with Gasteiger partial charge in [0.15, 0.2) is 0 Å². The Kier molecular flexibility index (Phi) is 12.8. The van der Waals surface area contributed by atoms with E-state index in [1.807, 2.05) is 80.6 Å². The number of hydrogen-bond acceptors (Lipinski definition) is 6. The third-order valence-corrected chi connectivity index (χ3v) is 6.13. The SMILES string of the molecule is CCC(Cc1ccc(O)cc1)C(=O)OC.CCC(Cc1ccc(OCc2ccccc2)cc1)C(=O)OC. The average molecular weight is 507 g/mol. The summed E-state index contributed by atoms with van der Waals surface area (Å²) in [5.41, 5.74) is 3.29. The summed E-state index contributed by atoms with van der Waals surface area (Å²) in [7, 11) is 2.84. The van der Waals surface area contributed by atoms with Crippen molar-refractivity contribution in [1.29, 1.82) is 0 Å². The summed E-state index contributed by atoms with van der Waals surface area (Å²) in [6.07, 6.45) is 2.89. The summed E-state index contributed by atoms with van der Waals surface area (Å²) in [6.45, 7) is 4.51. The van der Waals surface area contributed by atoms with E-state index in [-0.39, 0.29) is 29.5 Å². The van der Waals surface area contributed by atoms with Crippen molar-refractivity contribution in [1.82, 2.24) is 0 Å². The van der Waals surface area contributed by atoms with E-state index in [1.165, 1.54) is 14.2 Å². The first-order valence-electron chi connectivity index (χ1n) is 12.6. The van der Waals surface area contributed by atoms with E-state index in [1.54, 1.807) is 12.1 Å². The maximum atomic E-state index is 11.6. The van der Waals surface area contributed by atoms with Crippen LogP contribution in [-0.4, -0.2) is 31.3 Å². The lowest BCUT2D eigenvalue weighted by atomic mass is 9.97. The van der Waals surface area contributed by atoms with E-state index in [9.17, 15) is 9.59 Å². The van der Waals surface area contributed by atoms with Crippen LogP contribution in [0.3, 0.4) is 0 Å². The Morgan fingerprint density at radius 2 is 1.14 bits per heavy atom. The minimum atomic E-state index is -0.175. The molecule has 3 rings (SSSR count). The molecule has 37 heavy (non-hydrogen) atoms. The predicted molar refractivity (Wildman–Crippen MR) is 144 cm³/mol. The second kappa shape index (κ2) is 16.0. The lowest BCUT2D eigenvalue weighted by Crippen LogP contribution is -2.17. The highest BCUT2D eigenvalue weighted by Crippen LogP contribution is 2.19. The molecule has 2 atom stereocenters. The highest BCUT2D eigenvalue weighted by molar-refractivity contribution is 5.73. The molecule has 0 amide bonds. The molecule has 0 fully saturated rings. The molecule has 0 aliphatic heterocycles. The second-order valence-corrected chi connectivity index (χ2v) is 8.75. The Balaban J connectivity index is 0.000000281. The number of rotatable bonds is 11. The highest BCUT2D eigenvalue weighted by atomic mass is 16.5. The van der Waals surface area contributed by atoms with Crippen LogP contribution in [0.2, 0.25) is 0 Å². The fourth-order valence-electron chi connectivity index (χ4n) is 3.79. The monoisotopic (exact) mass is 506 g/mol. The first kappa shape index (κ1) is 29.4. The van der Waals surface area contributed by atoms with Crippen molar-refractivity contribution in [3.8, 4) is 11.5 Å². The molecule has 0 bridgehead atoms. The van der Waals surface area contributed by atoms with Gasteiger partial charge in [-0.1, -0.05) is 68.4 Å². The van der Waals surface area contributed by atoms with E-state index in [2.05, 4.69) is 0 Å². The Morgan fingerprint density at radius 1 is 0.676 bits per heavy atom. The summed E-state index contributed by atoms with van der Waals surface area (Å²) in [4.78, 5) is 23.0. The van der Waals surface area contributed by atoms with Gasteiger partial charge in [-0.3, -0.25) is 9.59 Å². The normalized spacial score (nSPS) is 11.9. The van der Waals surface area contributed by atoms with E-state index in [0.717, 1.165) is 35.3 Å². The number of carbonyl (C=O) groups excluding carboxylic acids is 2. The minimum Gasteiger partial charge on any atom is -0.508 e. The number of esters is 2. The molecule has 0 saturated heterocycles. The topological polar surface area (TPSA) is 82.1 Å². The molecule has 6 heteroatoms. The minimum absolute atomic E-state index is 0.0823. The summed E-state index contributed by atoms with van der Waals surface area (Å²) in [5.74, 6) is 0.571. The van der Waals surface area contributed by atoms with Gasteiger partial charge in [0.1, 0.15) is 18.1 Å². The molecule has 1 N–H and O–H groups in total. The van der Waals surface area contributed by atoms with Gasteiger partial charge in [-0.2, -0.15) is 0 Å². The van der Waals surface area contributed by atoms with Gasteiger partial charge in [0.25, 0.3) is 0 Å². The Hall–Kier alpha value is -3.80. The lowest BCUT2D eigenvalue weighted by molar-refractivity contribution is -0.146. The largest absolute Gasteiger partial charge is 0.508 e. The zero-order valence-electron chi connectivity index (χ0n) is 22.2. The molecular formula is C31H38O6. The van der Waals surface area contributed by atoms with Crippen molar-refractivity contribution >= 4 is 11.9 Å². The molecule has 198 valence electrons. The van der Waals surface area contributed by atoms with Crippen molar-refractivity contribution < 1.29 is 28.9 Å². The molecule has 0 aliphatic carbocycles. The standard InChI is InChI=1S/C19H22O3.C12H16O3/c1-3-17(19(20)21-2)13-15-9-11-18(12-10-15)22-14-16-7-5-4-6-8-16;1-3-10(12(14)15-2)8-9-4-6-11(13)7-5-9/h4-12,17H,3,13-14H2,1-2H3;4-7,10,13H,3,8H2,1-2H3. The number of methoxy groups -OCH3 is 2. The van der Waals surface area contributed by atoms with Gasteiger partial charge >= 0.3 is 11.9 Å². The van der Waals surface area contributed by atoms with Crippen LogP contribution in [0.1, 0.15) is 43.4 Å². The van der Waals surface area contributed by atoms with Crippen molar-refractivity contribution in [3.05, 3.63) is 95.6 Å². The summed E-state index contributed by atoms with van der Waals surface area (Å²) in [6, 6.07) is 24.9. The quantitative estimate of drug-likeness (QED) is 0.315. The summed E-state index contributed by atoms with van der Waals surface area (Å²) < 4.78 is 15.3. The van der Waals surface area contributed by atoms with E-state index >= 15 is 0 Å². The zero-order valence-corrected chi connectivity index (χ0v) is 22.2. The van der Waals surface area contributed by atoms with Crippen LogP contribution in [0, 0.1) is 11.8 Å². The van der Waals surface area contributed by atoms with Crippen molar-refractivity contribution in [3.63, 3.8) is 0 Å². The number of ether oxygens (including phenoxy) is 3. The van der Waals surface area contributed by atoms with E-state index in [0.29, 0.717) is 19.4 Å². The smallest absolute Gasteiger partial charge is 0.308 e. The molecule has 0 aromatic heterocycles. The van der Waals surface area contributed by atoms with E-state index < -0.39 is 0 Å². The van der Waals surface area contributed by atoms with Crippen LogP contribution in [0.4, 0.5) is 0 Å². The summed E-state index contributed by atoms with van der Waals surface area (Å²) in [5, 5.41) is 9.11. The first-order valence-corrected chi connectivity index (χ1v) is 12.6. The third-order valence-electron chi connectivity index (χ3n) is 6.13. The second-order valence-electron chi connectivity index (χ2n) is 8.75. The van der Waals surface area contributed by atoms with Crippen molar-refractivity contribution in [2.24, 2.45) is 11.8 Å². The van der Waals surface area contributed by atoms with Crippen molar-refractivity contribution in [2.45, 2.75) is 46.1 Å². The van der Waals surface area contributed by atoms with Gasteiger partial charge in [0, 0.05) is 0 Å². The first-order chi connectivity index (χ1) is 17.9. The Bertz CT molecular complexity index is 1060. The van der Waals surface area contributed by atoms with Gasteiger partial charge in [0.2, 0.25) is 0 Å². The van der Waals surface area contributed by atoms with Gasteiger partial charge < -0.3 is 19.3 Å². The molecule has 0 saturated carbocycles. The Labute approximate surface area is 220 Å². The number of hydrogen-bond donors (Lipinski definition) is 1. The molecule has 6 nitrogen and oxygen atoms in total. The maximum absolute atomic E-state index is 11.6. The number of carbonyl (C=O) groups is 2. The van der Waals surface area contributed by atoms with Crippen LogP contribution >= 0.6 is 0 Å². The number of phenolic OH excluding ortho intramolecular Hbond substituents is 1. The molecule has 3 aromatic carbocycles. The summed E-state index contributed by atoms with van der Waals surface area (Å²) >= 11 is 0. The molecule has 2 unspecified atom stereocenters. The van der Waals surface area contributed by atoms with Crippen LogP contribution < -0.4 is 4.74 Å². The zero-order chi connectivity index (χ0) is 27.0. The fraction of sp³-hybridized carbons (Fsp3) is 0.355. The predicted octanol–water partition coefficient (Wildman–Crippen LogP) is 6.14. The van der Waals surface area contributed by atoms with Crippen molar-refractivity contribution in [2.75, 3.05) is 14.2 Å². The lowest BCUT2D eigenvalue weighted by Gasteiger charge is -2.13. The van der Waals surface area contributed by atoms with Gasteiger partial charge in [0.05, 0.1) is 26.1 Å². The molecule has 0 spiro atoms. The average Bonchev–Trinajstić information content (AvgIpc) is 2.95. The number of aromatic hydroxyl groups is 1. The highest BCUT2D eigenvalue weighted by Gasteiger charge is 2.18. The van der Waals surface area contributed by atoms with E-state index in [4.69, 9.17) is 19.3 Å². The van der Waals surface area contributed by atoms with Crippen LogP contribution in [0.15, 0.2) is 78.9 Å². The molecular weight excluding hydrogens is 468 g/mol. The van der Waals surface area contributed by atoms with Crippen LogP contribution in [-0.2, 0) is 38.5 Å². The number of benzene rings is 3. The third kappa shape index (κ3) is 10.4. The number of phenols is 1. The fourth-order valence-corrected chi connectivity index (χ4v) is 3.79. The molecule has 0 aliphatic rings. The van der Waals surface area contributed by atoms with Gasteiger partial charge in [-0.15, -0.1) is 0 Å². The van der Waals surface area contributed by atoms with Gasteiger partial charge in [-0.25, -0.2) is 0 Å². The Morgan fingerprint density at radius 3 is 1.57 bits per heavy atom. The molecule has 0 radical (unpaired) electrons. The van der Waals surface area contributed by atoms with Crippen LogP contribution in [0.5, 0.6) is 11.5 Å². The maximum Gasteiger partial charge on any atom is 0.308 e. The van der Waals surface area contributed by atoms with Gasteiger partial charge in [-0.05, 0) is 66.6 Å². The van der Waals surface area contributed by atoms with Crippen LogP contribution in [0.25, 0.3) is 0 Å².